The Bertz CT molecular complexity index is 167. The van der Waals surface area contributed by atoms with Gasteiger partial charge in [-0.25, -0.2) is 0 Å². The SMILES string of the molecule is Cl.NCCSCc1ccsn1. The zero-order chi connectivity index (χ0) is 7.23. The van der Waals surface area contributed by atoms with Gasteiger partial charge in [-0.1, -0.05) is 0 Å². The molecule has 64 valence electrons. The highest BCUT2D eigenvalue weighted by Gasteiger charge is 1.92. The van der Waals surface area contributed by atoms with Crippen LogP contribution < -0.4 is 5.73 Å². The van der Waals surface area contributed by atoms with E-state index in [1.54, 1.807) is 0 Å². The van der Waals surface area contributed by atoms with Crippen molar-refractivity contribution in [1.29, 1.82) is 0 Å². The molecule has 2 N–H and O–H groups in total. The minimum Gasteiger partial charge on any atom is -0.330 e. The first-order valence-corrected chi connectivity index (χ1v) is 5.09. The van der Waals surface area contributed by atoms with Crippen LogP contribution in [-0.2, 0) is 5.75 Å². The number of thioether (sulfide) groups is 1. The lowest BCUT2D eigenvalue weighted by atomic mass is 10.5. The summed E-state index contributed by atoms with van der Waals surface area (Å²) in [5.74, 6) is 2.03. The van der Waals surface area contributed by atoms with E-state index in [0.29, 0.717) is 0 Å². The van der Waals surface area contributed by atoms with Gasteiger partial charge in [-0.2, -0.15) is 16.1 Å². The Morgan fingerprint density at radius 3 is 3.00 bits per heavy atom. The van der Waals surface area contributed by atoms with E-state index in [2.05, 4.69) is 4.37 Å². The summed E-state index contributed by atoms with van der Waals surface area (Å²) < 4.78 is 4.17. The largest absolute Gasteiger partial charge is 0.330 e. The molecule has 11 heavy (non-hydrogen) atoms. The maximum absolute atomic E-state index is 5.33. The fourth-order valence-electron chi connectivity index (χ4n) is 0.572. The van der Waals surface area contributed by atoms with Crippen molar-refractivity contribution >= 4 is 35.7 Å². The number of nitrogens with zero attached hydrogens (tertiary/aromatic N) is 1. The summed E-state index contributed by atoms with van der Waals surface area (Å²) in [6, 6.07) is 2.05. The van der Waals surface area contributed by atoms with Gasteiger partial charge in [0.2, 0.25) is 0 Å². The first-order valence-electron chi connectivity index (χ1n) is 3.10. The lowest BCUT2D eigenvalue weighted by Crippen LogP contribution is -2.01. The van der Waals surface area contributed by atoms with Gasteiger partial charge in [0.15, 0.2) is 0 Å². The van der Waals surface area contributed by atoms with Crippen molar-refractivity contribution in [2.75, 3.05) is 12.3 Å². The van der Waals surface area contributed by atoms with Gasteiger partial charge in [-0.15, -0.1) is 12.4 Å². The van der Waals surface area contributed by atoms with Crippen LogP contribution in [0, 0.1) is 0 Å². The molecule has 0 atom stereocenters. The molecule has 1 aromatic heterocycles. The molecule has 0 saturated carbocycles. The Morgan fingerprint density at radius 1 is 1.64 bits per heavy atom. The summed E-state index contributed by atoms with van der Waals surface area (Å²) in [5.41, 5.74) is 6.50. The Morgan fingerprint density at radius 2 is 2.45 bits per heavy atom. The number of hydrogen-bond acceptors (Lipinski definition) is 4. The molecule has 0 aliphatic rings. The number of aromatic nitrogens is 1. The van der Waals surface area contributed by atoms with Crippen LogP contribution in [0.25, 0.3) is 0 Å². The molecule has 0 radical (unpaired) electrons. The molecule has 1 heterocycles. The molecule has 0 aliphatic heterocycles. The zero-order valence-corrected chi connectivity index (χ0v) is 8.47. The van der Waals surface area contributed by atoms with Crippen LogP contribution >= 0.6 is 35.7 Å². The van der Waals surface area contributed by atoms with E-state index in [9.17, 15) is 0 Å². The van der Waals surface area contributed by atoms with E-state index >= 15 is 0 Å². The van der Waals surface area contributed by atoms with Crippen molar-refractivity contribution < 1.29 is 0 Å². The Hall–Kier alpha value is 0.230. The van der Waals surface area contributed by atoms with E-state index in [0.717, 1.165) is 18.1 Å². The van der Waals surface area contributed by atoms with Crippen molar-refractivity contribution in [2.45, 2.75) is 5.75 Å². The van der Waals surface area contributed by atoms with Crippen LogP contribution in [0.5, 0.6) is 0 Å². The fourth-order valence-corrected chi connectivity index (χ4v) is 1.87. The summed E-state index contributed by atoms with van der Waals surface area (Å²) >= 11 is 3.33. The minimum atomic E-state index is 0. The van der Waals surface area contributed by atoms with Crippen molar-refractivity contribution in [3.05, 3.63) is 17.1 Å². The molecule has 0 aromatic carbocycles. The summed E-state index contributed by atoms with van der Waals surface area (Å²) in [7, 11) is 0. The van der Waals surface area contributed by atoms with Crippen molar-refractivity contribution in [1.82, 2.24) is 4.37 Å². The van der Waals surface area contributed by atoms with Gasteiger partial charge in [0, 0.05) is 23.4 Å². The quantitative estimate of drug-likeness (QED) is 0.770. The van der Waals surface area contributed by atoms with Crippen LogP contribution in [0.2, 0.25) is 0 Å². The lowest BCUT2D eigenvalue weighted by molar-refractivity contribution is 1.14. The normalized spacial score (nSPS) is 9.18. The van der Waals surface area contributed by atoms with Crippen LogP contribution in [0.15, 0.2) is 11.4 Å². The first kappa shape index (κ1) is 11.2. The molecule has 0 unspecified atom stereocenters. The molecule has 2 nitrogen and oxygen atoms in total. The van der Waals surface area contributed by atoms with Crippen molar-refractivity contribution in [2.24, 2.45) is 5.73 Å². The van der Waals surface area contributed by atoms with Gasteiger partial charge in [0.25, 0.3) is 0 Å². The van der Waals surface area contributed by atoms with Crippen LogP contribution in [0.4, 0.5) is 0 Å². The smallest absolute Gasteiger partial charge is 0.0641 e. The summed E-state index contributed by atoms with van der Waals surface area (Å²) in [4.78, 5) is 0. The minimum absolute atomic E-state index is 0. The number of hydrogen-bond donors (Lipinski definition) is 1. The second kappa shape index (κ2) is 6.91. The van der Waals surface area contributed by atoms with Crippen LogP contribution in [0.1, 0.15) is 5.69 Å². The van der Waals surface area contributed by atoms with Gasteiger partial charge in [0.05, 0.1) is 5.69 Å². The predicted octanol–water partition coefficient (Wildman–Crippen LogP) is 1.76. The number of rotatable bonds is 4. The average molecular weight is 211 g/mol. The molecule has 0 amide bonds. The fraction of sp³-hybridized carbons (Fsp3) is 0.500. The molecule has 0 bridgehead atoms. The monoisotopic (exact) mass is 210 g/mol. The highest BCUT2D eigenvalue weighted by molar-refractivity contribution is 7.98. The molecular formula is C6H11ClN2S2. The van der Waals surface area contributed by atoms with E-state index in [4.69, 9.17) is 5.73 Å². The third-order valence-electron chi connectivity index (χ3n) is 1.00. The second-order valence-electron chi connectivity index (χ2n) is 1.83. The third kappa shape index (κ3) is 4.63. The number of nitrogens with two attached hydrogens (primary N) is 1. The van der Waals surface area contributed by atoms with Gasteiger partial charge in [-0.05, 0) is 17.6 Å². The molecule has 0 spiro atoms. The summed E-state index contributed by atoms with van der Waals surface area (Å²) in [5, 5.41) is 2.00. The molecule has 1 rings (SSSR count). The standard InChI is InChI=1S/C6H10N2S2.ClH/c7-2-4-9-5-6-1-3-10-8-6;/h1,3H,2,4-5,7H2;1H. The van der Waals surface area contributed by atoms with Gasteiger partial charge >= 0.3 is 0 Å². The maximum Gasteiger partial charge on any atom is 0.0641 e. The Kier molecular flexibility index (Phi) is 7.06. The zero-order valence-electron chi connectivity index (χ0n) is 6.03. The first-order chi connectivity index (χ1) is 4.93. The molecule has 0 aliphatic carbocycles. The highest BCUT2D eigenvalue weighted by Crippen LogP contribution is 2.10. The molecule has 0 fully saturated rings. The second-order valence-corrected chi connectivity index (χ2v) is 3.60. The molecule has 1 aromatic rings. The highest BCUT2D eigenvalue weighted by atomic mass is 35.5. The van der Waals surface area contributed by atoms with Crippen LogP contribution in [-0.4, -0.2) is 16.7 Å². The van der Waals surface area contributed by atoms with Crippen LogP contribution in [0.3, 0.4) is 0 Å². The molecular weight excluding hydrogens is 200 g/mol. The summed E-state index contributed by atoms with van der Waals surface area (Å²) in [6.07, 6.45) is 0. The topological polar surface area (TPSA) is 38.9 Å². The van der Waals surface area contributed by atoms with Crippen molar-refractivity contribution in [3.8, 4) is 0 Å². The third-order valence-corrected chi connectivity index (χ3v) is 2.63. The molecule has 5 heteroatoms. The van der Waals surface area contributed by atoms with E-state index in [1.807, 2.05) is 23.2 Å². The van der Waals surface area contributed by atoms with Gasteiger partial charge in [-0.3, -0.25) is 0 Å². The predicted molar refractivity (Wildman–Crippen MR) is 54.6 cm³/mol. The molecule has 0 saturated heterocycles. The van der Waals surface area contributed by atoms with E-state index in [-0.39, 0.29) is 12.4 Å². The average Bonchev–Trinajstić information content (AvgIpc) is 2.41. The van der Waals surface area contributed by atoms with E-state index in [1.165, 1.54) is 17.2 Å². The number of halogens is 1. The van der Waals surface area contributed by atoms with Crippen molar-refractivity contribution in [3.63, 3.8) is 0 Å². The van der Waals surface area contributed by atoms with Gasteiger partial charge < -0.3 is 5.73 Å². The maximum atomic E-state index is 5.33. The van der Waals surface area contributed by atoms with E-state index < -0.39 is 0 Å². The Balaban J connectivity index is 0.000001000. The lowest BCUT2D eigenvalue weighted by Gasteiger charge is -1.93. The van der Waals surface area contributed by atoms with Gasteiger partial charge in [0.1, 0.15) is 0 Å². The summed E-state index contributed by atoms with van der Waals surface area (Å²) in [6.45, 7) is 0.759. The Labute approximate surface area is 81.1 Å².